The molecule has 3 fully saturated rings. The highest BCUT2D eigenvalue weighted by Gasteiger charge is 2.58. The van der Waals surface area contributed by atoms with E-state index in [1.807, 2.05) is 12.1 Å². The minimum absolute atomic E-state index is 0.0366. The van der Waals surface area contributed by atoms with Crippen molar-refractivity contribution in [1.82, 2.24) is 5.32 Å². The highest BCUT2D eigenvalue weighted by molar-refractivity contribution is 5.93. The molecule has 2 saturated carbocycles. The van der Waals surface area contributed by atoms with Crippen LogP contribution in [0, 0.1) is 34.5 Å². The van der Waals surface area contributed by atoms with E-state index in [-0.39, 0.29) is 33.9 Å². The molecule has 4 nitrogen and oxygen atoms in total. The van der Waals surface area contributed by atoms with Gasteiger partial charge in [-0.15, -0.1) is 0 Å². The number of nitrogens with one attached hydrogen (secondary N) is 2. The average molecular weight is 463 g/mol. The van der Waals surface area contributed by atoms with Crippen LogP contribution in [0.4, 0.5) is 5.69 Å². The average Bonchev–Trinajstić information content (AvgIpc) is 3.03. The van der Waals surface area contributed by atoms with E-state index in [2.05, 4.69) is 63.5 Å². The van der Waals surface area contributed by atoms with E-state index in [1.165, 1.54) is 24.1 Å². The van der Waals surface area contributed by atoms with Gasteiger partial charge in [0.2, 0.25) is 5.91 Å². The van der Waals surface area contributed by atoms with Crippen LogP contribution in [0.1, 0.15) is 85.1 Å². The molecular weight excluding hydrogens is 420 g/mol. The maximum absolute atomic E-state index is 13.7. The lowest BCUT2D eigenvalue weighted by molar-refractivity contribution is -0.124. The van der Waals surface area contributed by atoms with E-state index in [0.717, 1.165) is 37.9 Å². The minimum atomic E-state index is 0.0366. The van der Waals surface area contributed by atoms with Gasteiger partial charge < -0.3 is 10.6 Å². The summed E-state index contributed by atoms with van der Waals surface area (Å²) in [7, 11) is 0. The number of rotatable bonds is 2. The molecule has 1 aromatic carbocycles. The van der Waals surface area contributed by atoms with Crippen LogP contribution < -0.4 is 10.6 Å². The quantitative estimate of drug-likeness (QED) is 0.548. The summed E-state index contributed by atoms with van der Waals surface area (Å²) in [6, 6.07) is 8.36. The Bertz CT molecular complexity index is 1020. The molecule has 1 amide bonds. The molecule has 2 N–H and O–H groups in total. The molecule has 4 aliphatic rings. The number of anilines is 1. The molecule has 3 aliphatic carbocycles. The fourth-order valence-corrected chi connectivity index (χ4v) is 8.10. The number of ketones is 1. The molecule has 184 valence electrons. The molecule has 0 spiro atoms. The summed E-state index contributed by atoms with van der Waals surface area (Å²) in [6.07, 6.45) is 9.14. The molecule has 0 radical (unpaired) electrons. The molecule has 0 bridgehead atoms. The van der Waals surface area contributed by atoms with Gasteiger partial charge in [-0.2, -0.15) is 0 Å². The second kappa shape index (κ2) is 8.24. The highest BCUT2D eigenvalue weighted by Crippen LogP contribution is 2.62. The van der Waals surface area contributed by atoms with Gasteiger partial charge in [-0.3, -0.25) is 9.59 Å². The maximum atomic E-state index is 13.7. The smallest absolute Gasteiger partial charge is 0.228 e. The number of carbonyl (C=O) groups is 2. The Morgan fingerprint density at radius 1 is 1.09 bits per heavy atom. The van der Waals surface area contributed by atoms with Crippen molar-refractivity contribution in [3.05, 3.63) is 41.6 Å². The lowest BCUT2D eigenvalue weighted by Gasteiger charge is -2.52. The summed E-state index contributed by atoms with van der Waals surface area (Å²) < 4.78 is 0. The van der Waals surface area contributed by atoms with Crippen molar-refractivity contribution in [1.29, 1.82) is 0 Å². The van der Waals surface area contributed by atoms with Gasteiger partial charge in [0.05, 0.1) is 0 Å². The van der Waals surface area contributed by atoms with Crippen LogP contribution in [0.2, 0.25) is 0 Å². The van der Waals surface area contributed by atoms with Crippen molar-refractivity contribution in [2.45, 2.75) is 85.0 Å². The van der Waals surface area contributed by atoms with Gasteiger partial charge in [0.1, 0.15) is 0 Å². The molecule has 5 rings (SSSR count). The number of hydrogen-bond donors (Lipinski definition) is 2. The largest absolute Gasteiger partial charge is 0.387 e. The lowest BCUT2D eigenvalue weighted by Crippen LogP contribution is -2.53. The second-order valence-electron chi connectivity index (χ2n) is 13.0. The summed E-state index contributed by atoms with van der Waals surface area (Å²) in [6.45, 7) is 12.4. The van der Waals surface area contributed by atoms with E-state index in [9.17, 15) is 9.59 Å². The van der Waals surface area contributed by atoms with Crippen LogP contribution in [-0.2, 0) is 15.0 Å². The van der Waals surface area contributed by atoms with E-state index in [0.29, 0.717) is 24.2 Å². The fourth-order valence-electron chi connectivity index (χ4n) is 8.10. The van der Waals surface area contributed by atoms with Crippen molar-refractivity contribution < 1.29 is 9.59 Å². The fraction of sp³-hybridized carbons (Fsp3) is 0.667. The zero-order valence-corrected chi connectivity index (χ0v) is 21.7. The van der Waals surface area contributed by atoms with Crippen LogP contribution in [0.15, 0.2) is 36.0 Å². The third kappa shape index (κ3) is 3.82. The van der Waals surface area contributed by atoms with Crippen LogP contribution in [0.3, 0.4) is 0 Å². The van der Waals surface area contributed by atoms with Crippen LogP contribution in [0.5, 0.6) is 0 Å². The highest BCUT2D eigenvalue weighted by atomic mass is 16.2. The van der Waals surface area contributed by atoms with Crippen LogP contribution >= 0.6 is 0 Å². The standard InChI is InChI=1S/C30H42N2O2/c1-28(2,3)19-8-6-9-20(16-19)32-27(34)25-12-11-24-22-18-31-26-17-21(33)13-15-30(26,5)23(22)10-7-14-29(24,25)4/h6,8-9,16-17,22-25,31H,7,10-15,18H2,1-5H3,(H,32,34). The van der Waals surface area contributed by atoms with Gasteiger partial charge in [0.15, 0.2) is 5.78 Å². The Kier molecular flexibility index (Phi) is 5.73. The van der Waals surface area contributed by atoms with Crippen molar-refractivity contribution in [2.75, 3.05) is 11.9 Å². The summed E-state index contributed by atoms with van der Waals surface area (Å²) in [4.78, 5) is 25.8. The Hall–Kier alpha value is -2.10. The molecule has 4 heteroatoms. The Morgan fingerprint density at radius 2 is 1.88 bits per heavy atom. The molecular formula is C30H42N2O2. The topological polar surface area (TPSA) is 58.2 Å². The number of hydrogen-bond acceptors (Lipinski definition) is 3. The normalized spacial score (nSPS) is 37.4. The van der Waals surface area contributed by atoms with Crippen molar-refractivity contribution in [2.24, 2.45) is 34.5 Å². The number of fused-ring (bicyclic) bond motifs is 5. The summed E-state index contributed by atoms with van der Waals surface area (Å²) in [5.74, 6) is 2.26. The SMILES string of the molecule is CC(C)(C)c1cccc(NC(=O)C2CCC3C4CNC5=CC(=O)CCC5(C)C4CCCC23C)c1. The monoisotopic (exact) mass is 462 g/mol. The molecule has 1 heterocycles. The lowest BCUT2D eigenvalue weighted by atomic mass is 9.56. The molecule has 1 aliphatic heterocycles. The predicted octanol–water partition coefficient (Wildman–Crippen LogP) is 6.23. The molecule has 0 aromatic heterocycles. The van der Waals surface area contributed by atoms with Gasteiger partial charge in [-0.1, -0.05) is 53.2 Å². The first-order valence-electron chi connectivity index (χ1n) is 13.4. The summed E-state index contributed by atoms with van der Waals surface area (Å²) >= 11 is 0. The van der Waals surface area contributed by atoms with Gasteiger partial charge in [-0.05, 0) is 78.4 Å². The van der Waals surface area contributed by atoms with Gasteiger partial charge in [0, 0.05) is 41.8 Å². The van der Waals surface area contributed by atoms with E-state index >= 15 is 0 Å². The summed E-state index contributed by atoms with van der Waals surface area (Å²) in [5, 5.41) is 7.00. The van der Waals surface area contributed by atoms with E-state index in [1.54, 1.807) is 0 Å². The maximum Gasteiger partial charge on any atom is 0.228 e. The number of allylic oxidation sites excluding steroid dienone is 2. The first kappa shape index (κ1) is 23.6. The number of piperidine rings is 1. The van der Waals surface area contributed by atoms with E-state index in [4.69, 9.17) is 0 Å². The third-order valence-corrected chi connectivity index (χ3v) is 10.1. The molecule has 6 atom stereocenters. The van der Waals surface area contributed by atoms with Crippen LogP contribution in [0.25, 0.3) is 0 Å². The molecule has 34 heavy (non-hydrogen) atoms. The van der Waals surface area contributed by atoms with Gasteiger partial charge in [0.25, 0.3) is 0 Å². The van der Waals surface area contributed by atoms with Crippen molar-refractivity contribution >= 4 is 17.4 Å². The van der Waals surface area contributed by atoms with Gasteiger partial charge in [-0.25, -0.2) is 0 Å². The van der Waals surface area contributed by atoms with Crippen LogP contribution in [-0.4, -0.2) is 18.2 Å². The zero-order valence-electron chi connectivity index (χ0n) is 21.7. The number of carbonyl (C=O) groups excluding carboxylic acids is 2. The third-order valence-electron chi connectivity index (χ3n) is 10.1. The molecule has 1 saturated heterocycles. The predicted molar refractivity (Wildman–Crippen MR) is 137 cm³/mol. The van der Waals surface area contributed by atoms with E-state index < -0.39 is 0 Å². The first-order chi connectivity index (χ1) is 16.0. The first-order valence-corrected chi connectivity index (χ1v) is 13.4. The van der Waals surface area contributed by atoms with Gasteiger partial charge >= 0.3 is 0 Å². The zero-order chi connectivity index (χ0) is 24.3. The number of amides is 1. The summed E-state index contributed by atoms with van der Waals surface area (Å²) in [5.41, 5.74) is 3.52. The molecule has 1 aromatic rings. The molecule has 6 unspecified atom stereocenters. The Balaban J connectivity index is 1.38. The minimum Gasteiger partial charge on any atom is -0.387 e. The second-order valence-corrected chi connectivity index (χ2v) is 13.0. The van der Waals surface area contributed by atoms with Crippen molar-refractivity contribution in [3.8, 4) is 0 Å². The number of benzene rings is 1. The Morgan fingerprint density at radius 3 is 2.65 bits per heavy atom. The van der Waals surface area contributed by atoms with Crippen molar-refractivity contribution in [3.63, 3.8) is 0 Å². The Labute approximate surface area is 205 Å².